The Balaban J connectivity index is 1.17. The predicted octanol–water partition coefficient (Wildman–Crippen LogP) is 1.49. The van der Waals surface area contributed by atoms with E-state index in [0.717, 1.165) is 17.2 Å². The standard InChI is InChI=1S/C20H22F2N10O9P2S2/c21-8-12-6(38-18(8)31-4-27-10-14(23)25-3-26-15(10)31)1-36-43(35,45)41-13-7(2-37-42(34,44)40-12)39-19(9(13)22)32-5-28-11-16(32)29-20(24)30-17(11)33/h3-9,12-13,18-19H,1-2H2,(H,34,44)(H,35,45)(H2,23,25,26)(H3,24,29,30,33)/t6-,7-,8-,9-,12-,13?,18-,19-,42-,43-/m1/s1. The first-order valence-corrected chi connectivity index (χ1v) is 18.3. The number of imidazole rings is 2. The predicted molar refractivity (Wildman–Crippen MR) is 155 cm³/mol. The van der Waals surface area contributed by atoms with Crippen molar-refractivity contribution in [2.45, 2.75) is 49.2 Å². The third kappa shape index (κ3) is 5.53. The van der Waals surface area contributed by atoms with Gasteiger partial charge in [0.2, 0.25) is 5.95 Å². The fourth-order valence-corrected chi connectivity index (χ4v) is 8.21. The number of anilines is 2. The molecule has 0 saturated carbocycles. The van der Waals surface area contributed by atoms with Gasteiger partial charge in [0.1, 0.15) is 36.3 Å². The van der Waals surface area contributed by atoms with Gasteiger partial charge in [0.15, 0.2) is 47.4 Å². The Kier molecular flexibility index (Phi) is 7.70. The largest absolute Gasteiger partial charge is 0.386 e. The molecule has 3 saturated heterocycles. The van der Waals surface area contributed by atoms with Crippen LogP contribution in [0.2, 0.25) is 0 Å². The number of halogens is 2. The third-order valence-electron chi connectivity index (χ3n) is 7.23. The lowest BCUT2D eigenvalue weighted by Gasteiger charge is -2.28. The van der Waals surface area contributed by atoms with Gasteiger partial charge in [0.05, 0.1) is 25.9 Å². The summed E-state index contributed by atoms with van der Waals surface area (Å²) in [7, 11) is 0. The molecule has 4 aromatic rings. The first-order valence-electron chi connectivity index (χ1n) is 12.9. The van der Waals surface area contributed by atoms with Crippen molar-refractivity contribution in [1.29, 1.82) is 0 Å². The second-order valence-corrected chi connectivity index (χ2v) is 15.8. The summed E-state index contributed by atoms with van der Waals surface area (Å²) < 4.78 is 94.2. The number of nitrogen functional groups attached to an aromatic ring is 2. The molecular formula is C20H22F2N10O9P2S2. The Labute approximate surface area is 259 Å². The van der Waals surface area contributed by atoms with Crippen LogP contribution in [0.5, 0.6) is 0 Å². The number of H-pyrrole nitrogens is 1. The van der Waals surface area contributed by atoms with Gasteiger partial charge in [-0.1, -0.05) is 24.5 Å². The maximum Gasteiger partial charge on any atom is 0.386 e. The lowest BCUT2D eigenvalue weighted by atomic mass is 10.1. The highest BCUT2D eigenvalue weighted by atomic mass is 32.7. The Hall–Kier alpha value is -2.72. The Morgan fingerprint density at radius 3 is 1.96 bits per heavy atom. The van der Waals surface area contributed by atoms with E-state index in [0.29, 0.717) is 0 Å². The number of thiol groups is 2. The molecule has 0 aromatic carbocycles. The zero-order valence-corrected chi connectivity index (χ0v) is 25.8. The van der Waals surface area contributed by atoms with E-state index in [1.807, 2.05) is 0 Å². The molecule has 10 atom stereocenters. The molecule has 25 heteroatoms. The summed E-state index contributed by atoms with van der Waals surface area (Å²) in [5, 5.41) is 0. The van der Waals surface area contributed by atoms with E-state index < -0.39 is 81.6 Å². The van der Waals surface area contributed by atoms with Crippen molar-refractivity contribution in [2.24, 2.45) is 0 Å². The van der Waals surface area contributed by atoms with Crippen molar-refractivity contribution in [1.82, 2.24) is 39.0 Å². The molecule has 3 aliphatic rings. The summed E-state index contributed by atoms with van der Waals surface area (Å²) in [4.78, 5) is 34.4. The van der Waals surface area contributed by atoms with Crippen molar-refractivity contribution in [3.63, 3.8) is 0 Å². The molecule has 0 radical (unpaired) electrons. The van der Waals surface area contributed by atoms with Crippen molar-refractivity contribution < 1.29 is 45.5 Å². The maximum absolute atomic E-state index is 16.0. The molecule has 3 aliphatic heterocycles. The summed E-state index contributed by atoms with van der Waals surface area (Å²) in [6.45, 7) is -10.3. The van der Waals surface area contributed by atoms with Crippen LogP contribution in [0.3, 0.4) is 0 Å². The second-order valence-electron chi connectivity index (χ2n) is 10.0. The fraction of sp³-hybridized carbons (Fsp3) is 0.500. The quantitative estimate of drug-likeness (QED) is 0.146. The van der Waals surface area contributed by atoms with Gasteiger partial charge in [-0.25, -0.2) is 37.8 Å². The van der Waals surface area contributed by atoms with Gasteiger partial charge in [-0.05, 0) is 0 Å². The molecule has 19 nitrogen and oxygen atoms in total. The van der Waals surface area contributed by atoms with Crippen LogP contribution in [-0.2, 0) is 36.7 Å². The SMILES string of the molecule is Nc1nc2c(ncn2[C@@H]2O[C@@H]3CO[P@@](=O)(S)O[C@H]4[C@@H](F)[C@H](n5cnc6c(N)ncnc65)O[C@@H]4CO[P@@](=O)(S)OC3[C@H]2F)c(=O)[nH]1. The molecule has 0 aliphatic carbocycles. The van der Waals surface area contributed by atoms with E-state index in [1.165, 1.54) is 10.9 Å². The molecule has 0 amide bonds. The van der Waals surface area contributed by atoms with Crippen molar-refractivity contribution in [2.75, 3.05) is 24.7 Å². The molecule has 4 aromatic heterocycles. The number of ether oxygens (including phenoxy) is 2. The van der Waals surface area contributed by atoms with Crippen LogP contribution < -0.4 is 17.0 Å². The number of aromatic nitrogens is 8. The first-order chi connectivity index (χ1) is 21.3. The molecule has 7 heterocycles. The van der Waals surface area contributed by atoms with Crippen LogP contribution >= 0.6 is 38.1 Å². The minimum Gasteiger partial charge on any atom is -0.382 e. The number of hydrogen-bond donors (Lipinski definition) is 5. The summed E-state index contributed by atoms with van der Waals surface area (Å²) in [5.41, 5.74) is 10.8. The number of nitrogens with one attached hydrogen (secondary N) is 1. The zero-order valence-electron chi connectivity index (χ0n) is 22.3. The molecule has 0 spiro atoms. The normalized spacial score (nSPS) is 37.7. The van der Waals surface area contributed by atoms with E-state index in [4.69, 9.17) is 39.0 Å². The Morgan fingerprint density at radius 1 is 0.844 bits per heavy atom. The van der Waals surface area contributed by atoms with Gasteiger partial charge in [-0.3, -0.25) is 37.0 Å². The van der Waals surface area contributed by atoms with Gasteiger partial charge in [-0.15, -0.1) is 0 Å². The number of fused-ring (bicyclic) bond motifs is 4. The fourth-order valence-electron chi connectivity index (χ4n) is 5.25. The highest BCUT2D eigenvalue weighted by molar-refractivity contribution is 8.44. The van der Waals surface area contributed by atoms with Gasteiger partial charge >= 0.3 is 13.6 Å². The third-order valence-corrected chi connectivity index (χ3v) is 10.5. The molecule has 0 bridgehead atoms. The lowest BCUT2D eigenvalue weighted by molar-refractivity contribution is -0.0544. The monoisotopic (exact) mass is 710 g/mol. The number of hydrogen-bond acceptors (Lipinski definition) is 16. The van der Waals surface area contributed by atoms with Crippen molar-refractivity contribution in [3.8, 4) is 0 Å². The molecule has 1 unspecified atom stereocenters. The first kappa shape index (κ1) is 30.9. The number of nitrogens with zero attached hydrogens (tertiary/aromatic N) is 7. The second kappa shape index (κ2) is 11.2. The van der Waals surface area contributed by atoms with Gasteiger partial charge < -0.3 is 20.9 Å². The molecule has 3 fully saturated rings. The summed E-state index contributed by atoms with van der Waals surface area (Å²) in [6.07, 6.45) is -9.92. The van der Waals surface area contributed by atoms with E-state index >= 15 is 8.78 Å². The van der Waals surface area contributed by atoms with E-state index in [9.17, 15) is 13.9 Å². The molecule has 7 rings (SSSR count). The smallest absolute Gasteiger partial charge is 0.382 e. The number of alkyl halides is 2. The van der Waals surface area contributed by atoms with E-state index in [2.05, 4.69) is 54.4 Å². The highest BCUT2D eigenvalue weighted by Gasteiger charge is 2.54. The van der Waals surface area contributed by atoms with Crippen LogP contribution in [-0.4, -0.2) is 89.0 Å². The van der Waals surface area contributed by atoms with Crippen LogP contribution in [0.4, 0.5) is 20.5 Å². The Bertz CT molecular complexity index is 1950. The maximum atomic E-state index is 16.0. The average Bonchev–Trinajstić information content (AvgIpc) is 3.72. The number of aromatic amines is 1. The molecule has 45 heavy (non-hydrogen) atoms. The molecule has 242 valence electrons. The summed E-state index contributed by atoms with van der Waals surface area (Å²) in [6, 6.07) is 0. The Morgan fingerprint density at radius 2 is 1.38 bits per heavy atom. The van der Waals surface area contributed by atoms with Crippen LogP contribution in [0.15, 0.2) is 23.8 Å². The van der Waals surface area contributed by atoms with Crippen LogP contribution in [0, 0.1) is 0 Å². The lowest BCUT2D eigenvalue weighted by Crippen LogP contribution is -2.36. The minimum absolute atomic E-state index is 0.0381. The van der Waals surface area contributed by atoms with E-state index in [-0.39, 0.29) is 34.1 Å². The van der Waals surface area contributed by atoms with Crippen LogP contribution in [0.1, 0.15) is 12.5 Å². The molecular weight excluding hydrogens is 688 g/mol. The van der Waals surface area contributed by atoms with Gasteiger partial charge in [-0.2, -0.15) is 4.98 Å². The van der Waals surface area contributed by atoms with Gasteiger partial charge in [0, 0.05) is 0 Å². The number of nitrogens with two attached hydrogens (primary N) is 2. The summed E-state index contributed by atoms with van der Waals surface area (Å²) >= 11 is 7.94. The van der Waals surface area contributed by atoms with E-state index in [1.54, 1.807) is 0 Å². The van der Waals surface area contributed by atoms with Crippen molar-refractivity contribution in [3.05, 3.63) is 29.3 Å². The van der Waals surface area contributed by atoms with Crippen LogP contribution in [0.25, 0.3) is 22.3 Å². The van der Waals surface area contributed by atoms with Gasteiger partial charge in [0.25, 0.3) is 5.56 Å². The molecule has 5 N–H and O–H groups in total. The number of rotatable bonds is 2. The topological polar surface area (TPSA) is 249 Å². The highest BCUT2D eigenvalue weighted by Crippen LogP contribution is 2.60. The zero-order chi connectivity index (χ0) is 31.8. The average molecular weight is 711 g/mol. The summed E-state index contributed by atoms with van der Waals surface area (Å²) in [5.74, 6) is -0.231. The van der Waals surface area contributed by atoms with Crippen molar-refractivity contribution >= 4 is 72.2 Å². The minimum atomic E-state index is -4.44.